The molecule has 33 heavy (non-hydrogen) atoms. The zero-order valence-electron chi connectivity index (χ0n) is 20.3. The number of amides is 1. The van der Waals surface area contributed by atoms with Gasteiger partial charge in [-0.2, -0.15) is 0 Å². The van der Waals surface area contributed by atoms with Crippen molar-refractivity contribution in [1.82, 2.24) is 20.2 Å². The third-order valence-corrected chi connectivity index (χ3v) is 5.95. The van der Waals surface area contributed by atoms with E-state index in [1.807, 2.05) is 58.2 Å². The first kappa shape index (κ1) is 24.7. The van der Waals surface area contributed by atoms with Crippen molar-refractivity contribution in [2.75, 3.05) is 19.6 Å². The molecule has 7 heteroatoms. The van der Waals surface area contributed by atoms with Crippen molar-refractivity contribution in [1.29, 1.82) is 0 Å². The van der Waals surface area contributed by atoms with Gasteiger partial charge in [0, 0.05) is 55.2 Å². The molecule has 0 radical (unpaired) electrons. The zero-order chi connectivity index (χ0) is 24.0. The Labute approximate surface area is 196 Å². The molecule has 0 aliphatic carbocycles. The summed E-state index contributed by atoms with van der Waals surface area (Å²) < 4.78 is 6.23. The van der Waals surface area contributed by atoms with Crippen LogP contribution in [0.3, 0.4) is 0 Å². The normalized spacial score (nSPS) is 13.6. The number of pyridine rings is 1. The monoisotopic (exact) mass is 452 g/mol. The molecule has 178 valence electrons. The molecule has 0 saturated carbocycles. The first-order valence-corrected chi connectivity index (χ1v) is 11.7. The van der Waals surface area contributed by atoms with Crippen molar-refractivity contribution in [3.05, 3.63) is 60.0 Å². The zero-order valence-corrected chi connectivity index (χ0v) is 20.3. The summed E-state index contributed by atoms with van der Waals surface area (Å²) in [6, 6.07) is 9.76. The summed E-state index contributed by atoms with van der Waals surface area (Å²) in [5.41, 5.74) is 1.87. The van der Waals surface area contributed by atoms with Crippen LogP contribution in [0.1, 0.15) is 51.8 Å². The van der Waals surface area contributed by atoms with Crippen molar-refractivity contribution in [3.8, 4) is 5.75 Å². The lowest BCUT2D eigenvalue weighted by molar-refractivity contribution is -0.145. The summed E-state index contributed by atoms with van der Waals surface area (Å²) >= 11 is 0. The molecule has 3 rings (SSSR count). The van der Waals surface area contributed by atoms with E-state index in [4.69, 9.17) is 4.74 Å². The molecule has 3 N–H and O–H groups in total. The number of likely N-dealkylation sites (N-methyl/N-ethyl adjacent to an activating group) is 1. The Balaban J connectivity index is 1.69. The van der Waals surface area contributed by atoms with Crippen molar-refractivity contribution in [2.24, 2.45) is 0 Å². The van der Waals surface area contributed by atoms with Crippen LogP contribution in [-0.2, 0) is 11.2 Å². The van der Waals surface area contributed by atoms with Gasteiger partial charge in [-0.25, -0.2) is 0 Å². The maximum absolute atomic E-state index is 12.9. The Morgan fingerprint density at radius 1 is 1.24 bits per heavy atom. The molecule has 0 bridgehead atoms. The lowest BCUT2D eigenvalue weighted by Crippen LogP contribution is -2.48. The second-order valence-electron chi connectivity index (χ2n) is 8.90. The van der Waals surface area contributed by atoms with Gasteiger partial charge in [0.1, 0.15) is 5.75 Å². The van der Waals surface area contributed by atoms with Crippen LogP contribution in [0, 0.1) is 0 Å². The molecule has 7 nitrogen and oxygen atoms in total. The molecule has 1 amide bonds. The van der Waals surface area contributed by atoms with Crippen LogP contribution in [-0.4, -0.2) is 57.2 Å². The van der Waals surface area contributed by atoms with Crippen molar-refractivity contribution in [3.63, 3.8) is 0 Å². The number of nitrogens with one attached hydrogen (secondary N) is 2. The number of aliphatic hydroxyl groups is 1. The highest BCUT2D eigenvalue weighted by molar-refractivity contribution is 5.90. The van der Waals surface area contributed by atoms with Gasteiger partial charge in [-0.05, 0) is 58.7 Å². The van der Waals surface area contributed by atoms with Crippen LogP contribution in [0.4, 0.5) is 0 Å². The SMILES string of the molecule is CCN(CC)C(=O)C(C)(C)Oc1cccc2c(C[C@@H](C)NC[C@H](O)c3cccnc3)c[nH]c12. The summed E-state index contributed by atoms with van der Waals surface area (Å²) in [6.07, 6.45) is 5.55. The number of rotatable bonds is 11. The number of aromatic amines is 1. The summed E-state index contributed by atoms with van der Waals surface area (Å²) in [4.78, 5) is 22.1. The fourth-order valence-electron chi connectivity index (χ4n) is 4.05. The molecule has 2 atom stereocenters. The number of aliphatic hydroxyl groups excluding tert-OH is 1. The van der Waals surface area contributed by atoms with E-state index in [2.05, 4.69) is 28.3 Å². The third-order valence-electron chi connectivity index (χ3n) is 5.95. The highest BCUT2D eigenvalue weighted by atomic mass is 16.5. The molecular weight excluding hydrogens is 416 g/mol. The summed E-state index contributed by atoms with van der Waals surface area (Å²) in [7, 11) is 0. The number of carbonyl (C=O) groups excluding carboxylic acids is 1. The Kier molecular flexibility index (Phi) is 8.10. The Morgan fingerprint density at radius 3 is 2.67 bits per heavy atom. The predicted octanol–water partition coefficient (Wildman–Crippen LogP) is 3.84. The van der Waals surface area contributed by atoms with Gasteiger partial charge in [0.15, 0.2) is 5.60 Å². The highest BCUT2D eigenvalue weighted by Crippen LogP contribution is 2.31. The molecule has 0 saturated heterocycles. The molecule has 0 spiro atoms. The lowest BCUT2D eigenvalue weighted by atomic mass is 10.0. The van der Waals surface area contributed by atoms with E-state index < -0.39 is 11.7 Å². The average Bonchev–Trinajstić information content (AvgIpc) is 3.22. The van der Waals surface area contributed by atoms with Gasteiger partial charge in [-0.1, -0.05) is 18.2 Å². The molecule has 2 aromatic heterocycles. The van der Waals surface area contributed by atoms with E-state index in [-0.39, 0.29) is 11.9 Å². The average molecular weight is 453 g/mol. The van der Waals surface area contributed by atoms with Crippen LogP contribution in [0.2, 0.25) is 0 Å². The summed E-state index contributed by atoms with van der Waals surface area (Å²) in [5.74, 6) is 0.637. The molecule has 3 aromatic rings. The number of nitrogens with zero attached hydrogens (tertiary/aromatic N) is 2. The number of carbonyl (C=O) groups is 1. The number of hydrogen-bond donors (Lipinski definition) is 3. The summed E-state index contributed by atoms with van der Waals surface area (Å²) in [6.45, 7) is 11.4. The quantitative estimate of drug-likeness (QED) is 0.411. The number of para-hydroxylation sites is 1. The molecular formula is C26H36N4O3. The van der Waals surface area contributed by atoms with Gasteiger partial charge in [-0.3, -0.25) is 9.78 Å². The maximum atomic E-state index is 12.9. The molecule has 2 heterocycles. The van der Waals surface area contributed by atoms with E-state index in [1.54, 1.807) is 17.3 Å². The Bertz CT molecular complexity index is 1040. The smallest absolute Gasteiger partial charge is 0.266 e. The highest BCUT2D eigenvalue weighted by Gasteiger charge is 2.33. The number of benzene rings is 1. The Morgan fingerprint density at radius 2 is 2.00 bits per heavy atom. The van der Waals surface area contributed by atoms with E-state index in [0.717, 1.165) is 28.5 Å². The van der Waals surface area contributed by atoms with Crippen molar-refractivity contribution in [2.45, 2.75) is 58.8 Å². The second-order valence-corrected chi connectivity index (χ2v) is 8.90. The minimum absolute atomic E-state index is 0.0266. The fourth-order valence-corrected chi connectivity index (χ4v) is 4.05. The van der Waals surface area contributed by atoms with Gasteiger partial charge in [0.05, 0.1) is 11.6 Å². The van der Waals surface area contributed by atoms with E-state index in [1.165, 1.54) is 0 Å². The van der Waals surface area contributed by atoms with Crippen LogP contribution in [0.5, 0.6) is 5.75 Å². The predicted molar refractivity (Wildman–Crippen MR) is 131 cm³/mol. The number of H-pyrrole nitrogens is 1. The largest absolute Gasteiger partial charge is 0.476 e. The van der Waals surface area contributed by atoms with Crippen molar-refractivity contribution < 1.29 is 14.6 Å². The van der Waals surface area contributed by atoms with Gasteiger partial charge in [0.2, 0.25) is 0 Å². The van der Waals surface area contributed by atoms with Crippen LogP contribution in [0.15, 0.2) is 48.9 Å². The molecule has 0 unspecified atom stereocenters. The standard InChI is InChI=1S/C26H36N4O3/c1-6-30(7-2)25(32)26(4,5)33-23-12-8-11-21-20(16-29-24(21)23)14-18(3)28-17-22(31)19-10-9-13-27-15-19/h8-13,15-16,18,22,28-29,31H,6-7,14,17H2,1-5H3/t18-,22+/m1/s1. The Hall–Kier alpha value is -2.90. The molecule has 0 aliphatic heterocycles. The number of hydrogen-bond acceptors (Lipinski definition) is 5. The first-order valence-electron chi connectivity index (χ1n) is 11.7. The van der Waals surface area contributed by atoms with E-state index in [9.17, 15) is 9.90 Å². The fraction of sp³-hybridized carbons (Fsp3) is 0.462. The van der Waals surface area contributed by atoms with Crippen LogP contribution < -0.4 is 10.1 Å². The topological polar surface area (TPSA) is 90.5 Å². The van der Waals surface area contributed by atoms with Crippen molar-refractivity contribution >= 4 is 16.8 Å². The third kappa shape index (κ3) is 5.92. The molecule has 0 aliphatic rings. The second kappa shape index (κ2) is 10.8. The van der Waals surface area contributed by atoms with Gasteiger partial charge < -0.3 is 25.0 Å². The number of fused-ring (bicyclic) bond motifs is 1. The van der Waals surface area contributed by atoms with Crippen LogP contribution in [0.25, 0.3) is 10.9 Å². The minimum atomic E-state index is -0.969. The van der Waals surface area contributed by atoms with Crippen LogP contribution >= 0.6 is 0 Å². The minimum Gasteiger partial charge on any atom is -0.476 e. The number of ether oxygens (including phenoxy) is 1. The first-order chi connectivity index (χ1) is 15.8. The lowest BCUT2D eigenvalue weighted by Gasteiger charge is -2.31. The van der Waals surface area contributed by atoms with E-state index >= 15 is 0 Å². The van der Waals surface area contributed by atoms with E-state index in [0.29, 0.717) is 25.4 Å². The number of aromatic nitrogens is 2. The molecule has 1 aromatic carbocycles. The summed E-state index contributed by atoms with van der Waals surface area (Å²) in [5, 5.41) is 14.8. The van der Waals surface area contributed by atoms with Gasteiger partial charge >= 0.3 is 0 Å². The maximum Gasteiger partial charge on any atom is 0.266 e. The van der Waals surface area contributed by atoms with Gasteiger partial charge in [0.25, 0.3) is 5.91 Å². The van der Waals surface area contributed by atoms with Gasteiger partial charge in [-0.15, -0.1) is 0 Å². The molecule has 0 fully saturated rings.